The highest BCUT2D eigenvalue weighted by Gasteiger charge is 2.10. The van der Waals surface area contributed by atoms with E-state index in [4.69, 9.17) is 27.9 Å². The molecule has 1 aromatic carbocycles. The molecular formula is C16H25Cl2N3O2. The van der Waals surface area contributed by atoms with E-state index in [2.05, 4.69) is 29.5 Å². The minimum Gasteiger partial charge on any atom is -0.489 e. The summed E-state index contributed by atoms with van der Waals surface area (Å²) in [5, 5.41) is 17.2. The van der Waals surface area contributed by atoms with Gasteiger partial charge in [-0.15, -0.1) is 0 Å². The van der Waals surface area contributed by atoms with E-state index < -0.39 is 6.10 Å². The zero-order chi connectivity index (χ0) is 17.2. The predicted octanol–water partition coefficient (Wildman–Crippen LogP) is 3.09. The number of hydrogen-bond donors (Lipinski definition) is 3. The van der Waals surface area contributed by atoms with Crippen LogP contribution in [-0.4, -0.2) is 42.9 Å². The highest BCUT2D eigenvalue weighted by molar-refractivity contribution is 6.42. The lowest BCUT2D eigenvalue weighted by Crippen LogP contribution is -2.42. The van der Waals surface area contributed by atoms with Crippen LogP contribution in [0.3, 0.4) is 0 Å². The maximum Gasteiger partial charge on any atom is 0.191 e. The van der Waals surface area contributed by atoms with Crippen molar-refractivity contribution >= 4 is 29.2 Å². The first-order valence-electron chi connectivity index (χ1n) is 7.77. The van der Waals surface area contributed by atoms with Gasteiger partial charge in [0.15, 0.2) is 5.96 Å². The predicted molar refractivity (Wildman–Crippen MR) is 96.8 cm³/mol. The topological polar surface area (TPSA) is 65.9 Å². The first-order valence-corrected chi connectivity index (χ1v) is 8.53. The summed E-state index contributed by atoms with van der Waals surface area (Å²) in [6.45, 7) is 7.24. The van der Waals surface area contributed by atoms with E-state index in [1.165, 1.54) is 0 Å². The molecule has 0 aliphatic carbocycles. The third-order valence-corrected chi connectivity index (χ3v) is 3.95. The van der Waals surface area contributed by atoms with Crippen LogP contribution >= 0.6 is 23.2 Å². The lowest BCUT2D eigenvalue weighted by atomic mass is 10.3. The molecule has 0 spiro atoms. The van der Waals surface area contributed by atoms with Crippen LogP contribution < -0.4 is 15.4 Å². The van der Waals surface area contributed by atoms with Gasteiger partial charge in [-0.25, -0.2) is 0 Å². The molecule has 1 aromatic rings. The first-order chi connectivity index (χ1) is 11.0. The third-order valence-electron chi connectivity index (χ3n) is 3.15. The smallest absolute Gasteiger partial charge is 0.191 e. The van der Waals surface area contributed by atoms with Gasteiger partial charge in [0.1, 0.15) is 23.5 Å². The van der Waals surface area contributed by atoms with Crippen molar-refractivity contribution in [3.63, 3.8) is 0 Å². The number of ether oxygens (including phenoxy) is 1. The van der Waals surface area contributed by atoms with Crippen molar-refractivity contribution < 1.29 is 9.84 Å². The van der Waals surface area contributed by atoms with E-state index in [-0.39, 0.29) is 13.2 Å². The monoisotopic (exact) mass is 361 g/mol. The molecule has 0 heterocycles. The van der Waals surface area contributed by atoms with Crippen LogP contribution in [0.1, 0.15) is 27.2 Å². The summed E-state index contributed by atoms with van der Waals surface area (Å²) in [6.07, 6.45) is 0.251. The average molecular weight is 362 g/mol. The molecule has 23 heavy (non-hydrogen) atoms. The van der Waals surface area contributed by atoms with Crippen molar-refractivity contribution in [1.82, 2.24) is 10.6 Å². The van der Waals surface area contributed by atoms with Crippen LogP contribution in [0.4, 0.5) is 0 Å². The van der Waals surface area contributed by atoms with Gasteiger partial charge < -0.3 is 20.5 Å². The number of aliphatic imine (C=N–C) groups is 1. The molecule has 0 aliphatic rings. The molecule has 0 amide bonds. The Morgan fingerprint density at radius 3 is 2.74 bits per heavy atom. The lowest BCUT2D eigenvalue weighted by molar-refractivity contribution is 0.114. The zero-order valence-electron chi connectivity index (χ0n) is 13.8. The maximum atomic E-state index is 10.0. The van der Waals surface area contributed by atoms with Crippen molar-refractivity contribution in [2.75, 3.05) is 19.7 Å². The molecule has 0 saturated heterocycles. The van der Waals surface area contributed by atoms with Gasteiger partial charge >= 0.3 is 0 Å². The zero-order valence-corrected chi connectivity index (χ0v) is 15.3. The van der Waals surface area contributed by atoms with Crippen LogP contribution in [-0.2, 0) is 0 Å². The van der Waals surface area contributed by atoms with Gasteiger partial charge in [-0.3, -0.25) is 4.99 Å². The Morgan fingerprint density at radius 2 is 2.09 bits per heavy atom. The summed E-state index contributed by atoms with van der Waals surface area (Å²) in [6, 6.07) is 5.44. The van der Waals surface area contributed by atoms with Crippen molar-refractivity contribution in [1.29, 1.82) is 0 Å². The van der Waals surface area contributed by atoms with Crippen molar-refractivity contribution in [3.05, 3.63) is 28.2 Å². The SMILES string of the molecule is CCNC(=NCC(O)COc1cccc(Cl)c1Cl)NC(C)CC. The number of halogens is 2. The van der Waals surface area contributed by atoms with Gasteiger partial charge in [0.2, 0.25) is 0 Å². The molecule has 0 radical (unpaired) electrons. The Kier molecular flexibility index (Phi) is 9.14. The fourth-order valence-electron chi connectivity index (χ4n) is 1.69. The maximum absolute atomic E-state index is 10.0. The molecule has 130 valence electrons. The fourth-order valence-corrected chi connectivity index (χ4v) is 2.03. The minimum absolute atomic E-state index is 0.0896. The highest BCUT2D eigenvalue weighted by atomic mass is 35.5. The second-order valence-electron chi connectivity index (χ2n) is 5.19. The summed E-state index contributed by atoms with van der Waals surface area (Å²) < 4.78 is 5.50. The molecule has 0 saturated carbocycles. The molecule has 7 heteroatoms. The summed E-state index contributed by atoms with van der Waals surface area (Å²) in [7, 11) is 0. The standard InChI is InChI=1S/C16H25Cl2N3O2/c1-4-11(3)21-16(19-5-2)20-9-12(22)10-23-14-8-6-7-13(17)15(14)18/h6-8,11-12,22H,4-5,9-10H2,1-3H3,(H2,19,20,21). The normalized spacial score (nSPS) is 14.3. The Balaban J connectivity index is 2.52. The second kappa shape index (κ2) is 10.6. The molecule has 0 bridgehead atoms. The summed E-state index contributed by atoms with van der Waals surface area (Å²) in [4.78, 5) is 4.36. The largest absolute Gasteiger partial charge is 0.489 e. The van der Waals surface area contributed by atoms with Crippen LogP contribution in [0, 0.1) is 0 Å². The van der Waals surface area contributed by atoms with Crippen LogP contribution in [0.5, 0.6) is 5.75 Å². The van der Waals surface area contributed by atoms with E-state index in [0.717, 1.165) is 13.0 Å². The van der Waals surface area contributed by atoms with E-state index >= 15 is 0 Å². The van der Waals surface area contributed by atoms with Gasteiger partial charge in [0, 0.05) is 12.6 Å². The Hall–Kier alpha value is -1.17. The number of aliphatic hydroxyl groups is 1. The van der Waals surface area contributed by atoms with Crippen molar-refractivity contribution in [3.8, 4) is 5.75 Å². The number of nitrogens with zero attached hydrogens (tertiary/aromatic N) is 1. The van der Waals surface area contributed by atoms with Gasteiger partial charge in [0.05, 0.1) is 11.6 Å². The van der Waals surface area contributed by atoms with Crippen LogP contribution in [0.15, 0.2) is 23.2 Å². The fraction of sp³-hybridized carbons (Fsp3) is 0.562. The number of benzene rings is 1. The van der Waals surface area contributed by atoms with Crippen molar-refractivity contribution in [2.45, 2.75) is 39.3 Å². The van der Waals surface area contributed by atoms with Gasteiger partial charge in [-0.2, -0.15) is 0 Å². The molecule has 0 aliphatic heterocycles. The Bertz CT molecular complexity index is 512. The van der Waals surface area contributed by atoms with Gasteiger partial charge in [-0.1, -0.05) is 36.2 Å². The summed E-state index contributed by atoms with van der Waals surface area (Å²) in [5.41, 5.74) is 0. The number of hydrogen-bond acceptors (Lipinski definition) is 3. The molecule has 1 rings (SSSR count). The van der Waals surface area contributed by atoms with E-state index in [1.807, 2.05) is 6.92 Å². The molecule has 0 fully saturated rings. The average Bonchev–Trinajstić information content (AvgIpc) is 2.54. The second-order valence-corrected chi connectivity index (χ2v) is 5.98. The molecule has 2 unspecified atom stereocenters. The first kappa shape index (κ1) is 19.9. The third kappa shape index (κ3) is 7.29. The van der Waals surface area contributed by atoms with Gasteiger partial charge in [0.25, 0.3) is 0 Å². The molecule has 0 aromatic heterocycles. The Labute approximate surface area is 148 Å². The number of aliphatic hydroxyl groups excluding tert-OH is 1. The number of guanidine groups is 1. The van der Waals surface area contributed by atoms with Crippen LogP contribution in [0.25, 0.3) is 0 Å². The van der Waals surface area contributed by atoms with E-state index in [1.54, 1.807) is 18.2 Å². The summed E-state index contributed by atoms with van der Waals surface area (Å²) in [5.74, 6) is 1.13. The molecule has 2 atom stereocenters. The van der Waals surface area contributed by atoms with E-state index in [9.17, 15) is 5.11 Å². The summed E-state index contributed by atoms with van der Waals surface area (Å²) >= 11 is 11.9. The lowest BCUT2D eigenvalue weighted by Gasteiger charge is -2.17. The van der Waals surface area contributed by atoms with E-state index in [0.29, 0.717) is 27.8 Å². The highest BCUT2D eigenvalue weighted by Crippen LogP contribution is 2.31. The molecule has 5 nitrogen and oxygen atoms in total. The molecule has 3 N–H and O–H groups in total. The molecular weight excluding hydrogens is 337 g/mol. The van der Waals surface area contributed by atoms with Crippen molar-refractivity contribution in [2.24, 2.45) is 4.99 Å². The number of nitrogens with one attached hydrogen (secondary N) is 2. The Morgan fingerprint density at radius 1 is 1.35 bits per heavy atom. The minimum atomic E-state index is -0.738. The van der Waals surface area contributed by atoms with Crippen LogP contribution in [0.2, 0.25) is 10.0 Å². The van der Waals surface area contributed by atoms with Gasteiger partial charge in [-0.05, 0) is 32.4 Å². The number of rotatable bonds is 8. The quantitative estimate of drug-likeness (QED) is 0.491.